The molecule has 0 radical (unpaired) electrons. The lowest BCUT2D eigenvalue weighted by molar-refractivity contribution is -0.122. The summed E-state index contributed by atoms with van der Waals surface area (Å²) in [6, 6.07) is 5.29. The van der Waals surface area contributed by atoms with Crippen LogP contribution in [0.5, 0.6) is 0 Å². The zero-order chi connectivity index (χ0) is 22.0. The number of hydrogen-bond donors (Lipinski definition) is 2. The van der Waals surface area contributed by atoms with Crippen LogP contribution in [0, 0.1) is 5.82 Å². The number of aromatic amines is 1. The van der Waals surface area contributed by atoms with E-state index in [1.165, 1.54) is 42.1 Å². The number of pyridine rings is 1. The Balaban J connectivity index is 2.06. The number of likely N-dealkylation sites (N-methyl/N-ethyl adjacent to an activating group) is 1. The van der Waals surface area contributed by atoms with Crippen LogP contribution in [0.3, 0.4) is 0 Å². The molecule has 1 unspecified atom stereocenters. The first-order valence-electron chi connectivity index (χ1n) is 9.19. The number of H-pyrrole nitrogens is 1. The van der Waals surface area contributed by atoms with Gasteiger partial charge in [-0.3, -0.25) is 23.9 Å². The van der Waals surface area contributed by atoms with Crippen LogP contribution in [0.15, 0.2) is 46.1 Å². The predicted molar refractivity (Wildman–Crippen MR) is 107 cm³/mol. The number of primary amides is 1. The Labute approximate surface area is 170 Å². The van der Waals surface area contributed by atoms with Crippen molar-refractivity contribution in [1.29, 1.82) is 0 Å². The number of benzene rings is 1. The van der Waals surface area contributed by atoms with Crippen LogP contribution in [-0.4, -0.2) is 38.3 Å². The normalized spacial score (nSPS) is 12.0. The largest absolute Gasteiger partial charge is 0.368 e. The Bertz CT molecular complexity index is 1250. The number of nitrogens with one attached hydrogen (secondary N) is 1. The number of nitrogens with two attached hydrogens (primary N) is 1. The topological polar surface area (TPSA) is 131 Å². The highest BCUT2D eigenvalue weighted by Gasteiger charge is 2.28. The predicted octanol–water partition coefficient (Wildman–Crippen LogP) is 0.932. The zero-order valence-electron chi connectivity index (χ0n) is 16.4. The van der Waals surface area contributed by atoms with E-state index in [4.69, 9.17) is 5.73 Å². The summed E-state index contributed by atoms with van der Waals surface area (Å²) < 4.78 is 14.9. The lowest BCUT2D eigenvalue weighted by Crippen LogP contribution is -2.39. The number of carbonyl (C=O) groups excluding carboxylic acids is 2. The van der Waals surface area contributed by atoms with E-state index in [1.54, 1.807) is 0 Å². The molecule has 0 aliphatic heterocycles. The fourth-order valence-electron chi connectivity index (χ4n) is 3.29. The van der Waals surface area contributed by atoms with Crippen molar-refractivity contribution < 1.29 is 14.0 Å². The summed E-state index contributed by atoms with van der Waals surface area (Å²) in [6.07, 6.45) is 1.86. The second-order valence-electron chi connectivity index (χ2n) is 6.78. The quantitative estimate of drug-likeness (QED) is 0.621. The van der Waals surface area contributed by atoms with Crippen molar-refractivity contribution in [2.75, 3.05) is 7.05 Å². The van der Waals surface area contributed by atoms with Crippen molar-refractivity contribution in [3.63, 3.8) is 0 Å². The summed E-state index contributed by atoms with van der Waals surface area (Å²) in [6.45, 7) is 2.21. The maximum absolute atomic E-state index is 13.6. The van der Waals surface area contributed by atoms with Crippen molar-refractivity contribution >= 4 is 22.8 Å². The van der Waals surface area contributed by atoms with Gasteiger partial charge in [-0.1, -0.05) is 19.1 Å². The van der Waals surface area contributed by atoms with Gasteiger partial charge in [0, 0.05) is 19.8 Å². The molecule has 156 valence electrons. The molecule has 1 atom stereocenters. The molecule has 3 rings (SSSR count). The number of aromatic nitrogens is 3. The lowest BCUT2D eigenvalue weighted by Gasteiger charge is -2.26. The number of carbonyl (C=O) groups is 2. The third-order valence-corrected chi connectivity index (χ3v) is 4.67. The molecule has 0 aliphatic rings. The number of amides is 2. The monoisotopic (exact) mass is 413 g/mol. The molecule has 30 heavy (non-hydrogen) atoms. The summed E-state index contributed by atoms with van der Waals surface area (Å²) in [4.78, 5) is 56.7. The van der Waals surface area contributed by atoms with Gasteiger partial charge in [-0.15, -0.1) is 0 Å². The molecule has 1 aromatic carbocycles. The minimum absolute atomic E-state index is 0.0138. The Kier molecular flexibility index (Phi) is 5.77. The first-order valence-corrected chi connectivity index (χ1v) is 9.19. The van der Waals surface area contributed by atoms with Crippen molar-refractivity contribution in [1.82, 2.24) is 19.4 Å². The Morgan fingerprint density at radius 1 is 1.30 bits per heavy atom. The van der Waals surface area contributed by atoms with Gasteiger partial charge in [-0.2, -0.15) is 0 Å². The van der Waals surface area contributed by atoms with Crippen LogP contribution in [-0.2, 0) is 11.3 Å². The molecular weight excluding hydrogens is 393 g/mol. The second kappa shape index (κ2) is 8.27. The SMILES string of the molecule is CCCn1c(=O)[nH]c(=O)c2cc(C(=O)N(C)C(C(N)=O)c3cccc(F)c3)cnc21. The second-order valence-corrected chi connectivity index (χ2v) is 6.78. The van der Waals surface area contributed by atoms with Gasteiger partial charge in [-0.25, -0.2) is 14.2 Å². The number of halogens is 1. The van der Waals surface area contributed by atoms with E-state index < -0.39 is 34.9 Å². The average Bonchev–Trinajstić information content (AvgIpc) is 2.70. The maximum atomic E-state index is 13.6. The molecule has 0 saturated heterocycles. The first kappa shape index (κ1) is 20.9. The molecule has 0 aliphatic carbocycles. The lowest BCUT2D eigenvalue weighted by atomic mass is 10.0. The first-order chi connectivity index (χ1) is 14.2. The van der Waals surface area contributed by atoms with Crippen molar-refractivity contribution in [3.05, 3.63) is 74.3 Å². The van der Waals surface area contributed by atoms with Crippen molar-refractivity contribution in [2.24, 2.45) is 5.73 Å². The highest BCUT2D eigenvalue weighted by atomic mass is 19.1. The summed E-state index contributed by atoms with van der Waals surface area (Å²) in [5, 5.41) is 0.0590. The van der Waals surface area contributed by atoms with Crippen LogP contribution in [0.2, 0.25) is 0 Å². The molecule has 0 saturated carbocycles. The third kappa shape index (κ3) is 3.84. The summed E-state index contributed by atoms with van der Waals surface area (Å²) >= 11 is 0. The van der Waals surface area contributed by atoms with Gasteiger partial charge in [0.05, 0.1) is 10.9 Å². The van der Waals surface area contributed by atoms with Gasteiger partial charge in [-0.05, 0) is 30.2 Å². The summed E-state index contributed by atoms with van der Waals surface area (Å²) in [7, 11) is 1.34. The molecule has 0 bridgehead atoms. The molecular formula is C20H20FN5O4. The summed E-state index contributed by atoms with van der Waals surface area (Å²) in [5.41, 5.74) is 4.57. The van der Waals surface area contributed by atoms with Crippen LogP contribution < -0.4 is 17.0 Å². The van der Waals surface area contributed by atoms with Gasteiger partial charge >= 0.3 is 5.69 Å². The fraction of sp³-hybridized carbons (Fsp3) is 0.250. The van der Waals surface area contributed by atoms with E-state index in [0.29, 0.717) is 13.0 Å². The van der Waals surface area contributed by atoms with Gasteiger partial charge < -0.3 is 10.6 Å². The van der Waals surface area contributed by atoms with Crippen LogP contribution in [0.4, 0.5) is 4.39 Å². The van der Waals surface area contributed by atoms with E-state index in [0.717, 1.165) is 11.0 Å². The number of rotatable bonds is 6. The van der Waals surface area contributed by atoms with E-state index in [9.17, 15) is 23.6 Å². The minimum Gasteiger partial charge on any atom is -0.368 e. The molecule has 3 N–H and O–H groups in total. The van der Waals surface area contributed by atoms with Gasteiger partial charge in [0.15, 0.2) is 0 Å². The van der Waals surface area contributed by atoms with Gasteiger partial charge in [0.25, 0.3) is 11.5 Å². The Morgan fingerprint density at radius 3 is 2.67 bits per heavy atom. The molecule has 0 spiro atoms. The zero-order valence-corrected chi connectivity index (χ0v) is 16.4. The molecule has 2 aromatic heterocycles. The number of aryl methyl sites for hydroxylation is 1. The van der Waals surface area contributed by atoms with Crippen LogP contribution in [0.1, 0.15) is 35.3 Å². The molecule has 3 aromatic rings. The van der Waals surface area contributed by atoms with Crippen molar-refractivity contribution in [2.45, 2.75) is 25.9 Å². The maximum Gasteiger partial charge on any atom is 0.329 e. The van der Waals surface area contributed by atoms with E-state index in [1.807, 2.05) is 6.92 Å². The highest BCUT2D eigenvalue weighted by Crippen LogP contribution is 2.22. The smallest absolute Gasteiger partial charge is 0.329 e. The van der Waals surface area contributed by atoms with E-state index >= 15 is 0 Å². The molecule has 10 heteroatoms. The summed E-state index contributed by atoms with van der Waals surface area (Å²) in [5.74, 6) is -2.07. The van der Waals surface area contributed by atoms with Crippen molar-refractivity contribution in [3.8, 4) is 0 Å². The Hall–Kier alpha value is -3.82. The Morgan fingerprint density at radius 2 is 2.03 bits per heavy atom. The molecule has 0 fully saturated rings. The minimum atomic E-state index is -1.23. The number of hydrogen-bond acceptors (Lipinski definition) is 5. The highest BCUT2D eigenvalue weighted by molar-refractivity contribution is 5.99. The number of fused-ring (bicyclic) bond motifs is 1. The van der Waals surface area contributed by atoms with Gasteiger partial charge in [0.1, 0.15) is 17.5 Å². The van der Waals surface area contributed by atoms with Crippen LogP contribution >= 0.6 is 0 Å². The fourth-order valence-corrected chi connectivity index (χ4v) is 3.29. The molecule has 9 nitrogen and oxygen atoms in total. The molecule has 2 heterocycles. The number of nitrogens with zero attached hydrogens (tertiary/aromatic N) is 3. The third-order valence-electron chi connectivity index (χ3n) is 4.67. The molecule has 2 amide bonds. The van der Waals surface area contributed by atoms with Crippen LogP contribution in [0.25, 0.3) is 11.0 Å². The van der Waals surface area contributed by atoms with Gasteiger partial charge in [0.2, 0.25) is 5.91 Å². The van der Waals surface area contributed by atoms with E-state index in [2.05, 4.69) is 9.97 Å². The average molecular weight is 413 g/mol. The van der Waals surface area contributed by atoms with E-state index in [-0.39, 0.29) is 22.2 Å². The standard InChI is InChI=1S/C20H20FN5O4/c1-3-7-26-17-14(18(28)24-20(26)30)9-12(10-23-17)19(29)25(2)15(16(22)27)11-5-4-6-13(21)8-11/h4-6,8-10,15H,3,7H2,1-2H3,(H2,22,27)(H,24,28,30).